The van der Waals surface area contributed by atoms with Crippen LogP contribution in [0, 0.1) is 0 Å². The Kier molecular flexibility index (Phi) is 5.91. The maximum absolute atomic E-state index is 13.1. The van der Waals surface area contributed by atoms with E-state index in [2.05, 4.69) is 4.72 Å². The number of sulfonamides is 2. The average Bonchev–Trinajstić information content (AvgIpc) is 3.38. The van der Waals surface area contributed by atoms with Crippen molar-refractivity contribution in [2.75, 3.05) is 36.4 Å². The summed E-state index contributed by atoms with van der Waals surface area (Å²) in [6, 6.07) is 8.70. The third-order valence-electron chi connectivity index (χ3n) is 5.62. The van der Waals surface area contributed by atoms with Gasteiger partial charge in [0.15, 0.2) is 0 Å². The normalized spacial score (nSPS) is 16.9. The van der Waals surface area contributed by atoms with Crippen LogP contribution in [0.5, 0.6) is 5.75 Å². The summed E-state index contributed by atoms with van der Waals surface area (Å²) in [6.07, 6.45) is 1.70. The van der Waals surface area contributed by atoms with Crippen molar-refractivity contribution in [2.24, 2.45) is 0 Å². The fourth-order valence-electron chi connectivity index (χ4n) is 3.94. The number of benzene rings is 2. The van der Waals surface area contributed by atoms with Crippen LogP contribution in [0.3, 0.4) is 0 Å². The van der Waals surface area contributed by atoms with Crippen molar-refractivity contribution in [3.05, 3.63) is 42.0 Å². The average molecular weight is 480 g/mol. The fourth-order valence-corrected chi connectivity index (χ4v) is 6.72. The maximum atomic E-state index is 13.1. The van der Waals surface area contributed by atoms with E-state index in [1.54, 1.807) is 20.0 Å². The van der Waals surface area contributed by atoms with Crippen molar-refractivity contribution in [1.29, 1.82) is 0 Å². The van der Waals surface area contributed by atoms with Gasteiger partial charge in [-0.15, -0.1) is 0 Å². The highest BCUT2D eigenvalue weighted by Gasteiger charge is 2.31. The summed E-state index contributed by atoms with van der Waals surface area (Å²) in [5, 5.41) is 0. The molecule has 0 aromatic heterocycles. The Bertz CT molecular complexity index is 1270. The molecule has 1 N–H and O–H groups in total. The molecule has 1 amide bonds. The lowest BCUT2D eigenvalue weighted by Gasteiger charge is -2.19. The molecule has 1 fully saturated rings. The van der Waals surface area contributed by atoms with Crippen LogP contribution < -0.4 is 14.4 Å². The van der Waals surface area contributed by atoms with E-state index in [9.17, 15) is 21.6 Å². The van der Waals surface area contributed by atoms with Crippen LogP contribution in [0.15, 0.2) is 46.2 Å². The lowest BCUT2D eigenvalue weighted by Crippen LogP contribution is -2.28. The molecule has 0 atom stereocenters. The molecule has 2 aromatic rings. The molecule has 0 radical (unpaired) electrons. The Morgan fingerprint density at radius 2 is 1.75 bits per heavy atom. The maximum Gasteiger partial charge on any atom is 0.261 e. The summed E-state index contributed by atoms with van der Waals surface area (Å²) in [4.78, 5) is 13.3. The Morgan fingerprint density at radius 1 is 1.03 bits per heavy atom. The van der Waals surface area contributed by atoms with E-state index >= 15 is 0 Å². The summed E-state index contributed by atoms with van der Waals surface area (Å²) in [5.41, 5.74) is 1.42. The molecule has 1 saturated heterocycles. The second-order valence-corrected chi connectivity index (χ2v) is 11.3. The zero-order chi connectivity index (χ0) is 23.1. The number of hydrogen-bond acceptors (Lipinski definition) is 6. The van der Waals surface area contributed by atoms with Crippen molar-refractivity contribution in [1.82, 2.24) is 4.31 Å². The third-order valence-corrected chi connectivity index (χ3v) is 8.92. The molecule has 0 spiro atoms. The van der Waals surface area contributed by atoms with Crippen LogP contribution in [0.4, 0.5) is 11.4 Å². The number of likely N-dealkylation sites (N-methyl/N-ethyl adjacent to an activating group) is 1. The summed E-state index contributed by atoms with van der Waals surface area (Å²) in [7, 11) is -6.19. The van der Waals surface area contributed by atoms with Crippen LogP contribution in [-0.2, 0) is 31.3 Å². The first kappa shape index (κ1) is 22.6. The SMILES string of the molecule is CCOc1ccc(NS(=O)(=O)c2ccc3c(c2)CC(=O)N3C)cc1S(=O)(=O)N1CCCC1. The summed E-state index contributed by atoms with van der Waals surface area (Å²) < 4.78 is 61.6. The number of carbonyl (C=O) groups is 1. The number of nitrogens with zero attached hydrogens (tertiary/aromatic N) is 2. The van der Waals surface area contributed by atoms with Gasteiger partial charge in [-0.25, -0.2) is 16.8 Å². The summed E-state index contributed by atoms with van der Waals surface area (Å²) in [5.74, 6) is 0.0761. The molecule has 11 heteroatoms. The number of amides is 1. The first-order valence-corrected chi connectivity index (χ1v) is 13.2. The topological polar surface area (TPSA) is 113 Å². The van der Waals surface area contributed by atoms with Gasteiger partial charge in [0.1, 0.15) is 10.6 Å². The zero-order valence-electron chi connectivity index (χ0n) is 17.9. The molecule has 2 aromatic carbocycles. The molecule has 0 aliphatic carbocycles. The molecule has 0 bridgehead atoms. The number of anilines is 2. The monoisotopic (exact) mass is 479 g/mol. The smallest absolute Gasteiger partial charge is 0.261 e. The van der Waals surface area contributed by atoms with Crippen molar-refractivity contribution in [2.45, 2.75) is 36.0 Å². The van der Waals surface area contributed by atoms with Gasteiger partial charge in [-0.3, -0.25) is 9.52 Å². The lowest BCUT2D eigenvalue weighted by molar-refractivity contribution is -0.117. The number of ether oxygens (including phenoxy) is 1. The zero-order valence-corrected chi connectivity index (χ0v) is 19.5. The number of hydrogen-bond donors (Lipinski definition) is 1. The highest BCUT2D eigenvalue weighted by molar-refractivity contribution is 7.92. The molecular weight excluding hydrogens is 454 g/mol. The second-order valence-electron chi connectivity index (χ2n) is 7.73. The first-order chi connectivity index (χ1) is 15.1. The minimum atomic E-state index is -4.01. The van der Waals surface area contributed by atoms with Gasteiger partial charge >= 0.3 is 0 Å². The van der Waals surface area contributed by atoms with Crippen LogP contribution in [0.25, 0.3) is 0 Å². The molecule has 2 aliphatic heterocycles. The second kappa shape index (κ2) is 8.38. The summed E-state index contributed by atoms with van der Waals surface area (Å²) >= 11 is 0. The van der Waals surface area contributed by atoms with Crippen LogP contribution >= 0.6 is 0 Å². The molecule has 32 heavy (non-hydrogen) atoms. The van der Waals surface area contributed by atoms with E-state index in [0.29, 0.717) is 24.3 Å². The Labute approximate surface area is 188 Å². The standard InChI is InChI=1S/C21H25N3O6S2/c1-3-30-19-9-6-16(14-20(19)32(28,29)24-10-4-5-11-24)22-31(26,27)17-7-8-18-15(12-17)13-21(25)23(18)2/h6-9,12,14,22H,3-5,10-11,13H2,1-2H3. The van der Waals surface area contributed by atoms with Gasteiger partial charge in [-0.1, -0.05) is 0 Å². The van der Waals surface area contributed by atoms with Crippen molar-refractivity contribution in [3.63, 3.8) is 0 Å². The number of carbonyl (C=O) groups excluding carboxylic acids is 1. The predicted molar refractivity (Wildman–Crippen MR) is 120 cm³/mol. The van der Waals surface area contributed by atoms with E-state index in [1.165, 1.54) is 39.5 Å². The molecule has 4 rings (SSSR count). The van der Waals surface area contributed by atoms with Gasteiger partial charge in [-0.2, -0.15) is 4.31 Å². The molecule has 172 valence electrons. The molecule has 0 saturated carbocycles. The Morgan fingerprint density at radius 3 is 2.44 bits per heavy atom. The van der Waals surface area contributed by atoms with Gasteiger partial charge < -0.3 is 9.64 Å². The molecule has 9 nitrogen and oxygen atoms in total. The molecule has 2 heterocycles. The van der Waals surface area contributed by atoms with Gasteiger partial charge in [0.25, 0.3) is 10.0 Å². The number of rotatable bonds is 7. The highest BCUT2D eigenvalue weighted by Crippen LogP contribution is 2.33. The van der Waals surface area contributed by atoms with E-state index in [0.717, 1.165) is 12.8 Å². The van der Waals surface area contributed by atoms with Gasteiger partial charge in [0.2, 0.25) is 15.9 Å². The van der Waals surface area contributed by atoms with Crippen molar-refractivity contribution < 1.29 is 26.4 Å². The van der Waals surface area contributed by atoms with E-state index in [-0.39, 0.29) is 40.2 Å². The van der Waals surface area contributed by atoms with Crippen LogP contribution in [0.2, 0.25) is 0 Å². The quantitative estimate of drug-likeness (QED) is 0.651. The van der Waals surface area contributed by atoms with E-state index in [4.69, 9.17) is 4.74 Å². The fraction of sp³-hybridized carbons (Fsp3) is 0.381. The minimum Gasteiger partial charge on any atom is -0.492 e. The van der Waals surface area contributed by atoms with E-state index < -0.39 is 20.0 Å². The van der Waals surface area contributed by atoms with Gasteiger partial charge in [0.05, 0.1) is 23.6 Å². The first-order valence-electron chi connectivity index (χ1n) is 10.3. The van der Waals surface area contributed by atoms with Crippen molar-refractivity contribution in [3.8, 4) is 5.75 Å². The lowest BCUT2D eigenvalue weighted by atomic mass is 10.2. The number of fused-ring (bicyclic) bond motifs is 1. The van der Waals surface area contributed by atoms with Crippen LogP contribution in [0.1, 0.15) is 25.3 Å². The van der Waals surface area contributed by atoms with E-state index in [1.807, 2.05) is 0 Å². The molecular formula is C21H25N3O6S2. The molecule has 0 unspecified atom stereocenters. The summed E-state index contributed by atoms with van der Waals surface area (Å²) in [6.45, 7) is 2.87. The van der Waals surface area contributed by atoms with Crippen LogP contribution in [-0.4, -0.2) is 53.8 Å². The predicted octanol–water partition coefficient (Wildman–Crippen LogP) is 2.19. The van der Waals surface area contributed by atoms with Gasteiger partial charge in [0, 0.05) is 25.8 Å². The largest absolute Gasteiger partial charge is 0.492 e. The third kappa shape index (κ3) is 4.07. The minimum absolute atomic E-state index is 0.00261. The highest BCUT2D eigenvalue weighted by atomic mass is 32.2. The number of nitrogens with one attached hydrogen (secondary N) is 1. The van der Waals surface area contributed by atoms with Crippen molar-refractivity contribution >= 4 is 37.3 Å². The Balaban J connectivity index is 1.67. The molecule has 2 aliphatic rings. The van der Waals surface area contributed by atoms with Gasteiger partial charge in [-0.05, 0) is 61.7 Å². The Hall–Kier alpha value is -2.63.